The monoisotopic (exact) mass is 231 g/mol. The fourth-order valence-corrected chi connectivity index (χ4v) is 2.12. The number of methoxy groups -OCH3 is 2. The molecule has 0 radical (unpaired) electrons. The Balaban J connectivity index is 2.25. The average molecular weight is 231 g/mol. The summed E-state index contributed by atoms with van der Waals surface area (Å²) in [4.78, 5) is 0. The maximum absolute atomic E-state index is 5.37. The highest BCUT2D eigenvalue weighted by molar-refractivity contribution is 5.86. The Morgan fingerprint density at radius 1 is 1.18 bits per heavy atom. The van der Waals surface area contributed by atoms with Gasteiger partial charge in [0.15, 0.2) is 0 Å². The smallest absolute Gasteiger partial charge is 0.146 e. The Morgan fingerprint density at radius 2 is 2.06 bits per heavy atom. The number of aromatic amines is 1. The Bertz CT molecular complexity index is 563. The second-order valence-corrected chi connectivity index (χ2v) is 3.87. The zero-order valence-corrected chi connectivity index (χ0v) is 9.70. The third-order valence-electron chi connectivity index (χ3n) is 2.98. The van der Waals surface area contributed by atoms with Crippen molar-refractivity contribution in [3.8, 4) is 22.6 Å². The zero-order chi connectivity index (χ0) is 11.8. The first kappa shape index (κ1) is 10.0. The molecule has 3 rings (SSSR count). The van der Waals surface area contributed by atoms with Crippen molar-refractivity contribution in [3.05, 3.63) is 24.0 Å². The molecule has 1 aliphatic rings. The molecule has 1 aromatic heterocycles. The van der Waals surface area contributed by atoms with Crippen molar-refractivity contribution in [1.82, 2.24) is 10.2 Å². The van der Waals surface area contributed by atoms with Crippen LogP contribution < -0.4 is 14.8 Å². The van der Waals surface area contributed by atoms with Crippen LogP contribution in [0.15, 0.2) is 18.3 Å². The van der Waals surface area contributed by atoms with Crippen LogP contribution in [0, 0.1) is 0 Å². The third-order valence-corrected chi connectivity index (χ3v) is 2.98. The van der Waals surface area contributed by atoms with Crippen molar-refractivity contribution in [2.75, 3.05) is 19.5 Å². The number of nitrogens with zero attached hydrogens (tertiary/aromatic N) is 1. The number of H-pyrrole nitrogens is 1. The molecule has 2 heterocycles. The van der Waals surface area contributed by atoms with E-state index in [1.165, 1.54) is 0 Å². The maximum Gasteiger partial charge on any atom is 0.146 e. The van der Waals surface area contributed by atoms with E-state index in [4.69, 9.17) is 9.47 Å². The van der Waals surface area contributed by atoms with Crippen LogP contribution in [-0.4, -0.2) is 24.4 Å². The molecule has 1 aliphatic heterocycles. The van der Waals surface area contributed by atoms with Crippen LogP contribution in [0.4, 0.5) is 5.69 Å². The van der Waals surface area contributed by atoms with Crippen molar-refractivity contribution in [2.45, 2.75) is 6.54 Å². The molecule has 0 spiro atoms. The fourth-order valence-electron chi connectivity index (χ4n) is 2.12. The van der Waals surface area contributed by atoms with Crippen molar-refractivity contribution in [3.63, 3.8) is 0 Å². The summed E-state index contributed by atoms with van der Waals surface area (Å²) < 4.78 is 10.6. The summed E-state index contributed by atoms with van der Waals surface area (Å²) in [5, 5.41) is 10.4. The van der Waals surface area contributed by atoms with Crippen LogP contribution in [0.5, 0.6) is 11.5 Å². The summed E-state index contributed by atoms with van der Waals surface area (Å²) in [6.07, 6.45) is 1.83. The number of ether oxygens (including phenoxy) is 2. The number of aromatic nitrogens is 2. The van der Waals surface area contributed by atoms with Gasteiger partial charge in [-0.3, -0.25) is 5.10 Å². The highest BCUT2D eigenvalue weighted by Crippen LogP contribution is 2.43. The van der Waals surface area contributed by atoms with E-state index in [1.807, 2.05) is 18.3 Å². The van der Waals surface area contributed by atoms with Crippen LogP contribution in [0.1, 0.15) is 5.69 Å². The van der Waals surface area contributed by atoms with E-state index in [-0.39, 0.29) is 0 Å². The van der Waals surface area contributed by atoms with Crippen LogP contribution >= 0.6 is 0 Å². The minimum atomic E-state index is 0.727. The predicted molar refractivity (Wildman–Crippen MR) is 64.5 cm³/mol. The molecule has 0 unspecified atom stereocenters. The van der Waals surface area contributed by atoms with Crippen LogP contribution in [0.3, 0.4) is 0 Å². The van der Waals surface area contributed by atoms with E-state index in [2.05, 4.69) is 15.5 Å². The topological polar surface area (TPSA) is 59.2 Å². The summed E-state index contributed by atoms with van der Waals surface area (Å²) in [5.74, 6) is 1.56. The molecule has 0 aliphatic carbocycles. The van der Waals surface area contributed by atoms with Gasteiger partial charge >= 0.3 is 0 Å². The van der Waals surface area contributed by atoms with Gasteiger partial charge in [-0.2, -0.15) is 5.10 Å². The Hall–Kier alpha value is -2.17. The highest BCUT2D eigenvalue weighted by atomic mass is 16.5. The molecule has 2 N–H and O–H groups in total. The van der Waals surface area contributed by atoms with Crippen LogP contribution in [-0.2, 0) is 6.54 Å². The maximum atomic E-state index is 5.37. The van der Waals surface area contributed by atoms with Gasteiger partial charge in [0.05, 0.1) is 38.3 Å². The van der Waals surface area contributed by atoms with Gasteiger partial charge in [-0.05, 0) is 6.07 Å². The number of rotatable bonds is 2. The van der Waals surface area contributed by atoms with E-state index < -0.39 is 0 Å². The molecule has 17 heavy (non-hydrogen) atoms. The molecule has 5 nitrogen and oxygen atoms in total. The average Bonchev–Trinajstić information content (AvgIpc) is 2.85. The Labute approximate surface area is 98.8 Å². The molecule has 5 heteroatoms. The lowest BCUT2D eigenvalue weighted by Gasteiger charge is -2.21. The summed E-state index contributed by atoms with van der Waals surface area (Å²) in [6, 6.07) is 3.86. The summed E-state index contributed by atoms with van der Waals surface area (Å²) in [6.45, 7) is 0.727. The molecule has 0 bridgehead atoms. The number of hydrogen-bond acceptors (Lipinski definition) is 4. The molecular weight excluding hydrogens is 218 g/mol. The fraction of sp³-hybridized carbons (Fsp3) is 0.250. The van der Waals surface area contributed by atoms with Crippen molar-refractivity contribution in [1.29, 1.82) is 0 Å². The molecule has 0 saturated carbocycles. The molecular formula is C12H13N3O2. The molecule has 2 aromatic rings. The molecule has 1 aromatic carbocycles. The second kappa shape index (κ2) is 3.69. The Kier molecular flexibility index (Phi) is 2.18. The van der Waals surface area contributed by atoms with Gasteiger partial charge in [-0.15, -0.1) is 0 Å². The predicted octanol–water partition coefficient (Wildman–Crippen LogP) is 2.02. The van der Waals surface area contributed by atoms with Gasteiger partial charge in [0, 0.05) is 17.2 Å². The normalized spacial score (nSPS) is 12.4. The first-order valence-electron chi connectivity index (χ1n) is 5.36. The first-order chi connectivity index (χ1) is 8.33. The molecule has 0 amide bonds. The molecule has 0 saturated heterocycles. The van der Waals surface area contributed by atoms with E-state index in [0.29, 0.717) is 0 Å². The van der Waals surface area contributed by atoms with Crippen molar-refractivity contribution >= 4 is 5.69 Å². The lowest BCUT2D eigenvalue weighted by molar-refractivity contribution is 0.395. The van der Waals surface area contributed by atoms with Gasteiger partial charge in [0.25, 0.3) is 0 Å². The Morgan fingerprint density at radius 3 is 2.82 bits per heavy atom. The number of hydrogen-bond donors (Lipinski definition) is 2. The van der Waals surface area contributed by atoms with Crippen molar-refractivity contribution < 1.29 is 9.47 Å². The number of nitrogens with one attached hydrogen (secondary N) is 2. The number of anilines is 1. The molecule has 0 atom stereocenters. The minimum Gasteiger partial charge on any atom is -0.497 e. The van der Waals surface area contributed by atoms with E-state index in [0.717, 1.165) is 40.6 Å². The van der Waals surface area contributed by atoms with Crippen molar-refractivity contribution in [2.24, 2.45) is 0 Å². The van der Waals surface area contributed by atoms with Crippen LogP contribution in [0.25, 0.3) is 11.1 Å². The summed E-state index contributed by atoms with van der Waals surface area (Å²) in [7, 11) is 3.30. The third kappa shape index (κ3) is 1.43. The number of fused-ring (bicyclic) bond motifs is 3. The minimum absolute atomic E-state index is 0.727. The van der Waals surface area contributed by atoms with Gasteiger partial charge in [-0.25, -0.2) is 0 Å². The van der Waals surface area contributed by atoms with Gasteiger partial charge in [0.1, 0.15) is 11.5 Å². The number of benzene rings is 1. The first-order valence-corrected chi connectivity index (χ1v) is 5.36. The summed E-state index contributed by atoms with van der Waals surface area (Å²) in [5.41, 5.74) is 4.21. The highest BCUT2D eigenvalue weighted by Gasteiger charge is 2.21. The molecule has 0 fully saturated rings. The lowest BCUT2D eigenvalue weighted by Crippen LogP contribution is -2.09. The standard InChI is InChI=1S/C12H13N3O2/c1-16-7-3-8-9-5-14-15-10(9)6-13-12(8)11(4-7)17-2/h3-5,13H,6H2,1-2H3,(H,14,15). The van der Waals surface area contributed by atoms with Gasteiger partial charge in [-0.1, -0.05) is 0 Å². The van der Waals surface area contributed by atoms with E-state index in [1.54, 1.807) is 14.2 Å². The van der Waals surface area contributed by atoms with E-state index in [9.17, 15) is 0 Å². The van der Waals surface area contributed by atoms with Gasteiger partial charge < -0.3 is 14.8 Å². The zero-order valence-electron chi connectivity index (χ0n) is 9.70. The molecule has 88 valence electrons. The lowest BCUT2D eigenvalue weighted by atomic mass is 9.99. The summed E-state index contributed by atoms with van der Waals surface area (Å²) >= 11 is 0. The van der Waals surface area contributed by atoms with Crippen LogP contribution in [0.2, 0.25) is 0 Å². The van der Waals surface area contributed by atoms with Gasteiger partial charge in [0.2, 0.25) is 0 Å². The quantitative estimate of drug-likeness (QED) is 0.830. The second-order valence-electron chi connectivity index (χ2n) is 3.87. The SMILES string of the molecule is COc1cc(OC)c2c(c1)-c1cn[nH]c1CN2. The largest absolute Gasteiger partial charge is 0.497 e. The van der Waals surface area contributed by atoms with E-state index >= 15 is 0 Å².